The van der Waals surface area contributed by atoms with E-state index in [1.807, 2.05) is 0 Å². The molecule has 0 radical (unpaired) electrons. The van der Waals surface area contributed by atoms with Crippen molar-refractivity contribution < 1.29 is 17.6 Å². The van der Waals surface area contributed by atoms with Crippen molar-refractivity contribution in [1.29, 1.82) is 0 Å². The van der Waals surface area contributed by atoms with Gasteiger partial charge in [0.05, 0.1) is 12.6 Å². The number of furan rings is 1. The molecule has 2 heterocycles. The summed E-state index contributed by atoms with van der Waals surface area (Å²) < 4.78 is 37.7. The molecular weight excluding hydrogens is 348 g/mol. The Bertz CT molecular complexity index is 558. The zero-order valence-electron chi connectivity index (χ0n) is 11.6. The average Bonchev–Trinajstić information content (AvgIpc) is 2.81. The fraction of sp³-hybridized carbons (Fsp3) is 0.667. The molecule has 1 atom stereocenters. The van der Waals surface area contributed by atoms with Crippen molar-refractivity contribution in [3.63, 3.8) is 0 Å². The summed E-state index contributed by atoms with van der Waals surface area (Å²) in [6, 6.07) is 1.56. The molecule has 1 aromatic rings. The Labute approximate surface area is 127 Å². The second-order valence-corrected chi connectivity index (χ2v) is 7.37. The SMILES string of the molecule is CNCc1cc(S(=O)(=O)N2CCCC(OC)C2)c(Br)o1. The minimum Gasteiger partial charge on any atom is -0.452 e. The van der Waals surface area contributed by atoms with Crippen LogP contribution in [0.2, 0.25) is 0 Å². The third-order valence-corrected chi connectivity index (χ3v) is 6.07. The molecule has 0 saturated carbocycles. The number of rotatable bonds is 5. The third-order valence-electron chi connectivity index (χ3n) is 3.35. The fourth-order valence-electron chi connectivity index (χ4n) is 2.29. The predicted octanol–water partition coefficient (Wildman–Crippen LogP) is 1.56. The standard InChI is InChI=1S/C12H19BrN2O4S/c1-14-7-10-6-11(12(13)19-10)20(16,17)15-5-3-4-9(8-15)18-2/h6,9,14H,3-5,7-8H2,1-2H3. The van der Waals surface area contributed by atoms with Gasteiger partial charge in [-0.25, -0.2) is 8.42 Å². The molecular formula is C12H19BrN2O4S. The first-order valence-corrected chi connectivity index (χ1v) is 8.68. The van der Waals surface area contributed by atoms with Gasteiger partial charge in [-0.2, -0.15) is 4.31 Å². The van der Waals surface area contributed by atoms with Crippen molar-refractivity contribution in [2.45, 2.75) is 30.4 Å². The number of ether oxygens (including phenoxy) is 1. The Morgan fingerprint density at radius 3 is 3.00 bits per heavy atom. The minimum absolute atomic E-state index is 0.0408. The zero-order chi connectivity index (χ0) is 14.8. The normalized spacial score (nSPS) is 21.2. The lowest BCUT2D eigenvalue weighted by molar-refractivity contribution is 0.0571. The summed E-state index contributed by atoms with van der Waals surface area (Å²) in [5, 5.41) is 2.93. The van der Waals surface area contributed by atoms with Crippen molar-refractivity contribution >= 4 is 26.0 Å². The molecule has 6 nitrogen and oxygen atoms in total. The van der Waals surface area contributed by atoms with Crippen molar-refractivity contribution in [1.82, 2.24) is 9.62 Å². The van der Waals surface area contributed by atoms with Crippen LogP contribution in [-0.4, -0.2) is 46.1 Å². The molecule has 1 fully saturated rings. The van der Waals surface area contributed by atoms with Crippen LogP contribution in [0.3, 0.4) is 0 Å². The summed E-state index contributed by atoms with van der Waals surface area (Å²) in [5.41, 5.74) is 0. The number of nitrogens with one attached hydrogen (secondary N) is 1. The Hall–Kier alpha value is -0.410. The molecule has 1 aliphatic rings. The minimum atomic E-state index is -3.55. The number of nitrogens with zero attached hydrogens (tertiary/aromatic N) is 1. The first kappa shape index (κ1) is 16.0. The van der Waals surface area contributed by atoms with E-state index in [1.54, 1.807) is 20.2 Å². The Morgan fingerprint density at radius 2 is 2.35 bits per heavy atom. The molecule has 1 aromatic heterocycles. The Kier molecular flexibility index (Phi) is 5.25. The summed E-state index contributed by atoms with van der Waals surface area (Å²) >= 11 is 3.19. The predicted molar refractivity (Wildman–Crippen MR) is 78.0 cm³/mol. The molecule has 0 amide bonds. The van der Waals surface area contributed by atoms with Crippen LogP contribution < -0.4 is 5.32 Å². The van der Waals surface area contributed by atoms with E-state index in [1.165, 1.54) is 4.31 Å². The Morgan fingerprint density at radius 1 is 1.60 bits per heavy atom. The fourth-order valence-corrected chi connectivity index (χ4v) is 4.76. The van der Waals surface area contributed by atoms with E-state index in [4.69, 9.17) is 9.15 Å². The molecule has 0 bridgehead atoms. The van der Waals surface area contributed by atoms with Gasteiger partial charge in [0, 0.05) is 26.3 Å². The maximum atomic E-state index is 12.6. The van der Waals surface area contributed by atoms with E-state index in [2.05, 4.69) is 21.2 Å². The van der Waals surface area contributed by atoms with Gasteiger partial charge in [0.25, 0.3) is 0 Å². The highest BCUT2D eigenvalue weighted by Gasteiger charge is 2.33. The molecule has 20 heavy (non-hydrogen) atoms. The number of halogens is 1. The Balaban J connectivity index is 2.25. The van der Waals surface area contributed by atoms with Gasteiger partial charge >= 0.3 is 0 Å². The first-order valence-electron chi connectivity index (χ1n) is 6.44. The van der Waals surface area contributed by atoms with Crippen LogP contribution in [0.4, 0.5) is 0 Å². The lowest BCUT2D eigenvalue weighted by atomic mass is 10.1. The summed E-state index contributed by atoms with van der Waals surface area (Å²) in [6.07, 6.45) is 1.65. The van der Waals surface area contributed by atoms with E-state index in [0.29, 0.717) is 25.4 Å². The molecule has 1 saturated heterocycles. The van der Waals surface area contributed by atoms with Crippen LogP contribution in [0.15, 0.2) is 20.0 Å². The van der Waals surface area contributed by atoms with Crippen molar-refractivity contribution in [2.24, 2.45) is 0 Å². The number of hydrogen-bond donors (Lipinski definition) is 1. The van der Waals surface area contributed by atoms with Gasteiger partial charge < -0.3 is 14.5 Å². The lowest BCUT2D eigenvalue weighted by Gasteiger charge is -2.30. The topological polar surface area (TPSA) is 71.8 Å². The quantitative estimate of drug-likeness (QED) is 0.855. The van der Waals surface area contributed by atoms with Gasteiger partial charge in [-0.3, -0.25) is 0 Å². The highest BCUT2D eigenvalue weighted by Crippen LogP contribution is 2.30. The van der Waals surface area contributed by atoms with Crippen LogP contribution in [-0.2, 0) is 21.3 Å². The van der Waals surface area contributed by atoms with Gasteiger partial charge in [-0.05, 0) is 35.8 Å². The molecule has 1 aliphatic heterocycles. The average molecular weight is 367 g/mol. The van der Waals surface area contributed by atoms with Gasteiger partial charge in [-0.15, -0.1) is 0 Å². The highest BCUT2D eigenvalue weighted by atomic mass is 79.9. The van der Waals surface area contributed by atoms with Crippen molar-refractivity contribution in [3.8, 4) is 0 Å². The van der Waals surface area contributed by atoms with Gasteiger partial charge in [0.1, 0.15) is 10.7 Å². The summed E-state index contributed by atoms with van der Waals surface area (Å²) in [6.45, 7) is 1.38. The van der Waals surface area contributed by atoms with Crippen LogP contribution in [0.25, 0.3) is 0 Å². The largest absolute Gasteiger partial charge is 0.452 e. The lowest BCUT2D eigenvalue weighted by Crippen LogP contribution is -2.42. The van der Waals surface area contributed by atoms with Crippen molar-refractivity contribution in [3.05, 3.63) is 16.5 Å². The van der Waals surface area contributed by atoms with Crippen LogP contribution >= 0.6 is 15.9 Å². The van der Waals surface area contributed by atoms with E-state index < -0.39 is 10.0 Å². The van der Waals surface area contributed by atoms with E-state index in [0.717, 1.165) is 12.8 Å². The number of hydrogen-bond acceptors (Lipinski definition) is 5. The monoisotopic (exact) mass is 366 g/mol. The molecule has 0 aromatic carbocycles. The maximum Gasteiger partial charge on any atom is 0.247 e. The van der Waals surface area contributed by atoms with Crippen molar-refractivity contribution in [2.75, 3.05) is 27.2 Å². The zero-order valence-corrected chi connectivity index (χ0v) is 14.0. The smallest absolute Gasteiger partial charge is 0.247 e. The molecule has 1 N–H and O–H groups in total. The van der Waals surface area contributed by atoms with Gasteiger partial charge in [-0.1, -0.05) is 0 Å². The molecule has 0 aliphatic carbocycles. The van der Waals surface area contributed by atoms with E-state index in [9.17, 15) is 8.42 Å². The number of piperidine rings is 1. The van der Waals surface area contributed by atoms with Gasteiger partial charge in [0.2, 0.25) is 10.0 Å². The molecule has 8 heteroatoms. The van der Waals surface area contributed by atoms with Crippen LogP contribution in [0.5, 0.6) is 0 Å². The molecule has 1 unspecified atom stereocenters. The molecule has 114 valence electrons. The molecule has 0 spiro atoms. The third kappa shape index (κ3) is 3.25. The molecule has 2 rings (SSSR count). The summed E-state index contributed by atoms with van der Waals surface area (Å²) in [5.74, 6) is 0.582. The van der Waals surface area contributed by atoms with E-state index in [-0.39, 0.29) is 15.7 Å². The maximum absolute atomic E-state index is 12.6. The first-order chi connectivity index (χ1) is 9.48. The summed E-state index contributed by atoms with van der Waals surface area (Å²) in [4.78, 5) is 0.180. The van der Waals surface area contributed by atoms with E-state index >= 15 is 0 Å². The number of methoxy groups -OCH3 is 1. The van der Waals surface area contributed by atoms with Crippen LogP contribution in [0, 0.1) is 0 Å². The van der Waals surface area contributed by atoms with Gasteiger partial charge in [0.15, 0.2) is 4.67 Å². The second-order valence-electron chi connectivity index (χ2n) is 4.74. The van der Waals surface area contributed by atoms with Crippen LogP contribution in [0.1, 0.15) is 18.6 Å². The second kappa shape index (κ2) is 6.57. The highest BCUT2D eigenvalue weighted by molar-refractivity contribution is 9.10. The summed E-state index contributed by atoms with van der Waals surface area (Å²) in [7, 11) is -0.161. The number of sulfonamides is 1.